The van der Waals surface area contributed by atoms with Gasteiger partial charge in [-0.15, -0.1) is 11.8 Å². The van der Waals surface area contributed by atoms with E-state index in [0.29, 0.717) is 10.8 Å². The molecule has 0 radical (unpaired) electrons. The molecule has 0 saturated carbocycles. The number of nitrogens with one attached hydrogen (secondary N) is 1. The van der Waals surface area contributed by atoms with E-state index in [4.69, 9.17) is 11.6 Å². The van der Waals surface area contributed by atoms with Crippen LogP contribution >= 0.6 is 23.4 Å². The van der Waals surface area contributed by atoms with Crippen LogP contribution in [0, 0.1) is 0 Å². The van der Waals surface area contributed by atoms with E-state index >= 15 is 0 Å². The van der Waals surface area contributed by atoms with Gasteiger partial charge in [0.2, 0.25) is 5.91 Å². The van der Waals surface area contributed by atoms with Crippen molar-refractivity contribution in [1.29, 1.82) is 0 Å². The van der Waals surface area contributed by atoms with Gasteiger partial charge in [-0.1, -0.05) is 48.9 Å². The molecular formula is C18H19ClN2OS. The van der Waals surface area contributed by atoms with Crippen molar-refractivity contribution in [2.45, 2.75) is 24.7 Å². The number of halogens is 1. The fourth-order valence-corrected chi connectivity index (χ4v) is 2.75. The van der Waals surface area contributed by atoms with Gasteiger partial charge in [0.25, 0.3) is 0 Å². The molecule has 0 bridgehead atoms. The number of carbonyl (C=O) groups excluding carboxylic acids is 1. The molecule has 5 heteroatoms. The molecule has 0 heterocycles. The van der Waals surface area contributed by atoms with E-state index in [2.05, 4.69) is 22.7 Å². The minimum Gasteiger partial charge on any atom is -0.272 e. The molecule has 0 aliphatic heterocycles. The van der Waals surface area contributed by atoms with Crippen molar-refractivity contribution in [3.8, 4) is 0 Å². The van der Waals surface area contributed by atoms with Crippen LogP contribution in [0.25, 0.3) is 0 Å². The Morgan fingerprint density at radius 3 is 2.48 bits per heavy atom. The third-order valence-electron chi connectivity index (χ3n) is 3.18. The molecule has 0 unspecified atom stereocenters. The molecule has 0 fully saturated rings. The van der Waals surface area contributed by atoms with Crippen molar-refractivity contribution in [1.82, 2.24) is 5.43 Å². The molecule has 2 aromatic rings. The van der Waals surface area contributed by atoms with Gasteiger partial charge in [0.05, 0.1) is 5.75 Å². The van der Waals surface area contributed by atoms with Gasteiger partial charge in [-0.05, 0) is 36.2 Å². The number of thioether (sulfide) groups is 1. The Morgan fingerprint density at radius 1 is 1.13 bits per heavy atom. The predicted molar refractivity (Wildman–Crippen MR) is 98.2 cm³/mol. The van der Waals surface area contributed by atoms with E-state index in [-0.39, 0.29) is 5.91 Å². The second-order valence-electron chi connectivity index (χ2n) is 4.97. The molecule has 1 amide bonds. The van der Waals surface area contributed by atoms with Crippen LogP contribution in [0.2, 0.25) is 5.02 Å². The highest BCUT2D eigenvalue weighted by molar-refractivity contribution is 8.00. The fraction of sp³-hybridized carbons (Fsp3) is 0.222. The van der Waals surface area contributed by atoms with Crippen molar-refractivity contribution in [2.24, 2.45) is 5.10 Å². The van der Waals surface area contributed by atoms with Crippen molar-refractivity contribution < 1.29 is 4.79 Å². The lowest BCUT2D eigenvalue weighted by Gasteiger charge is -2.05. The quantitative estimate of drug-likeness (QED) is 0.453. The first kappa shape index (κ1) is 17.6. The maximum absolute atomic E-state index is 11.9. The summed E-state index contributed by atoms with van der Waals surface area (Å²) in [4.78, 5) is 12.9. The van der Waals surface area contributed by atoms with Gasteiger partial charge in [-0.2, -0.15) is 5.10 Å². The van der Waals surface area contributed by atoms with E-state index < -0.39 is 0 Å². The third kappa shape index (κ3) is 6.47. The lowest BCUT2D eigenvalue weighted by molar-refractivity contribution is -0.118. The van der Waals surface area contributed by atoms with Gasteiger partial charge >= 0.3 is 0 Å². The lowest BCUT2D eigenvalue weighted by Crippen LogP contribution is -2.22. The Labute approximate surface area is 146 Å². The molecule has 0 saturated heterocycles. The number of amides is 1. The van der Waals surface area contributed by atoms with Crippen molar-refractivity contribution >= 4 is 35.0 Å². The van der Waals surface area contributed by atoms with Gasteiger partial charge < -0.3 is 0 Å². The first-order valence-corrected chi connectivity index (χ1v) is 8.80. The number of benzene rings is 2. The summed E-state index contributed by atoms with van der Waals surface area (Å²) in [6.07, 6.45) is 1.56. The van der Waals surface area contributed by atoms with E-state index in [9.17, 15) is 4.79 Å². The fourth-order valence-electron chi connectivity index (χ4n) is 1.93. The van der Waals surface area contributed by atoms with Gasteiger partial charge in [-0.25, -0.2) is 5.43 Å². The second kappa shape index (κ2) is 9.38. The summed E-state index contributed by atoms with van der Waals surface area (Å²) in [5.41, 5.74) is 4.79. The van der Waals surface area contributed by atoms with Gasteiger partial charge in [0, 0.05) is 22.1 Å². The summed E-state index contributed by atoms with van der Waals surface area (Å²) in [5, 5.41) is 4.94. The SMILES string of the molecule is CC/C(Cc1ccccc1)=N\NC(=O)CSc1ccc(Cl)cc1. The number of hydrazone groups is 1. The number of carbonyl (C=O) groups is 1. The normalized spacial score (nSPS) is 11.3. The third-order valence-corrected chi connectivity index (χ3v) is 4.45. The summed E-state index contributed by atoms with van der Waals surface area (Å²) in [5.74, 6) is 0.219. The zero-order valence-corrected chi connectivity index (χ0v) is 14.5. The van der Waals surface area contributed by atoms with E-state index in [1.807, 2.05) is 49.4 Å². The number of hydrogen-bond donors (Lipinski definition) is 1. The standard InChI is InChI=1S/C18H19ClN2OS/c1-2-16(12-14-6-4-3-5-7-14)20-21-18(22)13-23-17-10-8-15(19)9-11-17/h3-11H,2,12-13H2,1H3,(H,21,22)/b20-16+. The molecule has 2 aromatic carbocycles. The molecule has 120 valence electrons. The van der Waals surface area contributed by atoms with E-state index in [1.165, 1.54) is 17.3 Å². The number of hydrogen-bond acceptors (Lipinski definition) is 3. The lowest BCUT2D eigenvalue weighted by atomic mass is 10.1. The molecule has 2 rings (SSSR count). The first-order valence-electron chi connectivity index (χ1n) is 7.44. The van der Waals surface area contributed by atoms with E-state index in [0.717, 1.165) is 23.4 Å². The monoisotopic (exact) mass is 346 g/mol. The summed E-state index contributed by atoms with van der Waals surface area (Å²) in [6.45, 7) is 2.04. The van der Waals surface area contributed by atoms with Crippen molar-refractivity contribution in [3.05, 3.63) is 65.2 Å². The molecule has 23 heavy (non-hydrogen) atoms. The summed E-state index contributed by atoms with van der Waals surface area (Å²) >= 11 is 7.30. The minimum absolute atomic E-state index is 0.107. The van der Waals surface area contributed by atoms with Crippen LogP contribution < -0.4 is 5.43 Å². The molecular weight excluding hydrogens is 328 g/mol. The molecule has 0 aliphatic rings. The zero-order chi connectivity index (χ0) is 16.5. The summed E-state index contributed by atoms with van der Waals surface area (Å²) in [7, 11) is 0. The van der Waals surface area contributed by atoms with Gasteiger partial charge in [0.15, 0.2) is 0 Å². The Morgan fingerprint density at radius 2 is 1.83 bits per heavy atom. The highest BCUT2D eigenvalue weighted by Gasteiger charge is 2.04. The summed E-state index contributed by atoms with van der Waals surface area (Å²) < 4.78 is 0. The van der Waals surface area contributed by atoms with Gasteiger partial charge in [-0.3, -0.25) is 4.79 Å². The Bertz CT molecular complexity index is 656. The van der Waals surface area contributed by atoms with Crippen LogP contribution in [0.5, 0.6) is 0 Å². The average molecular weight is 347 g/mol. The Kier molecular flexibility index (Phi) is 7.17. The maximum atomic E-state index is 11.9. The zero-order valence-electron chi connectivity index (χ0n) is 13.0. The topological polar surface area (TPSA) is 41.5 Å². The molecule has 0 spiro atoms. The van der Waals surface area contributed by atoms with Crippen molar-refractivity contribution in [2.75, 3.05) is 5.75 Å². The second-order valence-corrected chi connectivity index (χ2v) is 6.46. The van der Waals surface area contributed by atoms with Crippen LogP contribution in [-0.2, 0) is 11.2 Å². The molecule has 3 nitrogen and oxygen atoms in total. The Balaban J connectivity index is 1.82. The number of nitrogens with zero attached hydrogens (tertiary/aromatic N) is 1. The molecule has 1 N–H and O–H groups in total. The van der Waals surface area contributed by atoms with Crippen LogP contribution in [0.4, 0.5) is 0 Å². The summed E-state index contributed by atoms with van der Waals surface area (Å²) in [6, 6.07) is 17.5. The average Bonchev–Trinajstić information content (AvgIpc) is 2.59. The highest BCUT2D eigenvalue weighted by atomic mass is 35.5. The van der Waals surface area contributed by atoms with E-state index in [1.54, 1.807) is 0 Å². The first-order chi connectivity index (χ1) is 11.2. The van der Waals surface area contributed by atoms with Gasteiger partial charge in [0.1, 0.15) is 0 Å². The van der Waals surface area contributed by atoms with Crippen LogP contribution in [-0.4, -0.2) is 17.4 Å². The van der Waals surface area contributed by atoms with Crippen molar-refractivity contribution in [3.63, 3.8) is 0 Å². The molecule has 0 aromatic heterocycles. The largest absolute Gasteiger partial charge is 0.272 e. The van der Waals surface area contributed by atoms with Crippen LogP contribution in [0.3, 0.4) is 0 Å². The smallest absolute Gasteiger partial charge is 0.250 e. The minimum atomic E-state index is -0.107. The molecule has 0 aliphatic carbocycles. The Hall–Kier alpha value is -1.78. The predicted octanol–water partition coefficient (Wildman–Crippen LogP) is 4.56. The maximum Gasteiger partial charge on any atom is 0.250 e. The highest BCUT2D eigenvalue weighted by Crippen LogP contribution is 2.19. The van der Waals surface area contributed by atoms with Crippen LogP contribution in [0.1, 0.15) is 18.9 Å². The molecule has 0 atom stereocenters. The number of rotatable bonds is 7. The van der Waals surface area contributed by atoms with Crippen LogP contribution in [0.15, 0.2) is 64.6 Å².